The summed E-state index contributed by atoms with van der Waals surface area (Å²) in [4.78, 5) is 23.6. The molecule has 1 saturated heterocycles. The molecule has 7 heteroatoms. The Morgan fingerprint density at radius 3 is 2.83 bits per heavy atom. The van der Waals surface area contributed by atoms with Crippen molar-refractivity contribution in [1.82, 2.24) is 14.9 Å². The normalized spacial score (nSPS) is 17.1. The summed E-state index contributed by atoms with van der Waals surface area (Å²) in [6.45, 7) is 4.98. The van der Waals surface area contributed by atoms with Crippen LogP contribution in [0.3, 0.4) is 0 Å². The van der Waals surface area contributed by atoms with E-state index in [4.69, 9.17) is 4.74 Å². The molecular weight excluding hydrogens is 384 g/mol. The van der Waals surface area contributed by atoms with Crippen LogP contribution in [-0.4, -0.2) is 47.2 Å². The van der Waals surface area contributed by atoms with E-state index in [1.165, 1.54) is 12.8 Å². The van der Waals surface area contributed by atoms with Gasteiger partial charge in [-0.3, -0.25) is 9.69 Å². The fourth-order valence-corrected chi connectivity index (χ4v) is 4.09. The number of thioether (sulfide) groups is 1. The van der Waals surface area contributed by atoms with Gasteiger partial charge in [-0.2, -0.15) is 0 Å². The number of anilines is 1. The minimum atomic E-state index is 0.0800. The van der Waals surface area contributed by atoms with Crippen molar-refractivity contribution in [2.24, 2.45) is 5.92 Å². The molecule has 0 unspecified atom stereocenters. The Morgan fingerprint density at radius 2 is 2.14 bits per heavy atom. The molecule has 0 spiro atoms. The monoisotopic (exact) mass is 414 g/mol. The Bertz CT molecular complexity index is 813. The summed E-state index contributed by atoms with van der Waals surface area (Å²) in [5, 5.41) is 3.85. The number of carbonyl (C=O) groups is 1. The van der Waals surface area contributed by atoms with E-state index >= 15 is 0 Å². The number of likely N-dealkylation sites (tertiary alicyclic amines) is 1. The molecule has 0 saturated carbocycles. The minimum absolute atomic E-state index is 0.0800. The van der Waals surface area contributed by atoms with Crippen LogP contribution < -0.4 is 10.1 Å². The summed E-state index contributed by atoms with van der Waals surface area (Å²) in [6.07, 6.45) is 9.66. The van der Waals surface area contributed by atoms with Gasteiger partial charge in [-0.25, -0.2) is 9.97 Å². The largest absolute Gasteiger partial charge is 0.497 e. The van der Waals surface area contributed by atoms with Crippen molar-refractivity contribution in [3.8, 4) is 5.75 Å². The number of nitrogens with one attached hydrogen (secondary N) is 1. The van der Waals surface area contributed by atoms with E-state index in [0.29, 0.717) is 12.3 Å². The van der Waals surface area contributed by atoms with Crippen LogP contribution in [-0.2, 0) is 11.3 Å². The maximum absolute atomic E-state index is 12.4. The van der Waals surface area contributed by atoms with Gasteiger partial charge in [0.15, 0.2) is 5.16 Å². The highest BCUT2D eigenvalue weighted by Gasteiger charge is 2.21. The van der Waals surface area contributed by atoms with Crippen LogP contribution in [0.4, 0.5) is 5.69 Å². The van der Waals surface area contributed by atoms with Crippen LogP contribution in [0.25, 0.3) is 0 Å². The van der Waals surface area contributed by atoms with Crippen molar-refractivity contribution in [1.29, 1.82) is 0 Å². The van der Waals surface area contributed by atoms with Crippen molar-refractivity contribution in [2.45, 2.75) is 44.3 Å². The summed E-state index contributed by atoms with van der Waals surface area (Å²) < 4.78 is 5.22. The van der Waals surface area contributed by atoms with Crippen LogP contribution in [0.5, 0.6) is 5.75 Å². The van der Waals surface area contributed by atoms with Crippen molar-refractivity contribution >= 4 is 23.4 Å². The summed E-state index contributed by atoms with van der Waals surface area (Å²) in [6, 6.07) is 5.71. The molecule has 1 aliphatic rings. The number of carbonyl (C=O) groups excluding carboxylic acids is 1. The highest BCUT2D eigenvalue weighted by Crippen LogP contribution is 2.24. The zero-order valence-electron chi connectivity index (χ0n) is 17.5. The number of nitrogens with zero attached hydrogens (tertiary/aromatic N) is 3. The van der Waals surface area contributed by atoms with E-state index in [1.54, 1.807) is 18.9 Å². The molecule has 1 N–H and O–H groups in total. The van der Waals surface area contributed by atoms with Gasteiger partial charge < -0.3 is 10.1 Å². The first-order valence-electron chi connectivity index (χ1n) is 10.1. The Balaban J connectivity index is 1.45. The van der Waals surface area contributed by atoms with Gasteiger partial charge in [0.1, 0.15) is 5.75 Å². The van der Waals surface area contributed by atoms with Crippen LogP contribution >= 0.6 is 11.8 Å². The number of aromatic nitrogens is 2. The quantitative estimate of drug-likeness (QED) is 0.517. The van der Waals surface area contributed by atoms with E-state index in [2.05, 4.69) is 20.2 Å². The number of rotatable bonds is 8. The molecule has 3 rings (SSSR count). The van der Waals surface area contributed by atoms with Crippen LogP contribution in [0.15, 0.2) is 35.7 Å². The lowest BCUT2D eigenvalue weighted by atomic mass is 9.93. The van der Waals surface area contributed by atoms with Gasteiger partial charge in [-0.15, -0.1) is 0 Å². The van der Waals surface area contributed by atoms with E-state index in [-0.39, 0.29) is 5.91 Å². The van der Waals surface area contributed by atoms with Gasteiger partial charge in [0, 0.05) is 43.2 Å². The minimum Gasteiger partial charge on any atom is -0.497 e. The molecule has 156 valence electrons. The number of hydrogen-bond acceptors (Lipinski definition) is 6. The van der Waals surface area contributed by atoms with Gasteiger partial charge in [-0.05, 0) is 68.7 Å². The molecule has 2 heterocycles. The average molecular weight is 415 g/mol. The van der Waals surface area contributed by atoms with E-state index in [1.807, 2.05) is 43.8 Å². The number of amides is 1. The number of ether oxygens (including phenoxy) is 1. The molecule has 0 radical (unpaired) electrons. The molecule has 1 fully saturated rings. The molecule has 1 aromatic carbocycles. The number of aryl methyl sites for hydroxylation is 1. The molecule has 2 aromatic rings. The summed E-state index contributed by atoms with van der Waals surface area (Å²) in [5.74, 6) is 1.44. The zero-order chi connectivity index (χ0) is 20.6. The lowest BCUT2D eigenvalue weighted by molar-refractivity contribution is -0.116. The molecule has 0 bridgehead atoms. The first kappa shape index (κ1) is 21.6. The van der Waals surface area contributed by atoms with E-state index < -0.39 is 0 Å². The van der Waals surface area contributed by atoms with Gasteiger partial charge in [-0.1, -0.05) is 11.8 Å². The Labute approximate surface area is 177 Å². The van der Waals surface area contributed by atoms with Gasteiger partial charge >= 0.3 is 0 Å². The lowest BCUT2D eigenvalue weighted by Crippen LogP contribution is -2.35. The number of hydrogen-bond donors (Lipinski definition) is 1. The van der Waals surface area contributed by atoms with Crippen LogP contribution in [0.1, 0.15) is 36.8 Å². The van der Waals surface area contributed by atoms with E-state index in [9.17, 15) is 4.79 Å². The second-order valence-electron chi connectivity index (χ2n) is 7.59. The second-order valence-corrected chi connectivity index (χ2v) is 8.36. The first-order valence-corrected chi connectivity index (χ1v) is 11.3. The summed E-state index contributed by atoms with van der Waals surface area (Å²) in [5.41, 5.74) is 3.02. The molecule has 29 heavy (non-hydrogen) atoms. The van der Waals surface area contributed by atoms with E-state index in [0.717, 1.165) is 53.8 Å². The Kier molecular flexibility index (Phi) is 7.89. The molecular formula is C22H30N4O2S. The molecule has 1 amide bonds. The highest BCUT2D eigenvalue weighted by atomic mass is 32.2. The number of benzene rings is 1. The first-order chi connectivity index (χ1) is 14.1. The van der Waals surface area contributed by atoms with Crippen LogP contribution in [0, 0.1) is 12.8 Å². The summed E-state index contributed by atoms with van der Waals surface area (Å²) >= 11 is 1.56. The van der Waals surface area contributed by atoms with Crippen molar-refractivity contribution in [2.75, 3.05) is 31.8 Å². The Hall–Kier alpha value is -2.12. The summed E-state index contributed by atoms with van der Waals surface area (Å²) in [7, 11) is 1.65. The number of methoxy groups -OCH3 is 1. The van der Waals surface area contributed by atoms with Crippen molar-refractivity contribution in [3.63, 3.8) is 0 Å². The maximum atomic E-state index is 12.4. The third-order valence-corrected chi connectivity index (χ3v) is 5.94. The third kappa shape index (κ3) is 6.44. The van der Waals surface area contributed by atoms with Gasteiger partial charge in [0.25, 0.3) is 0 Å². The third-order valence-electron chi connectivity index (χ3n) is 5.36. The predicted molar refractivity (Wildman–Crippen MR) is 117 cm³/mol. The fraction of sp³-hybridized carbons (Fsp3) is 0.500. The maximum Gasteiger partial charge on any atom is 0.224 e. The topological polar surface area (TPSA) is 67.3 Å². The smallest absolute Gasteiger partial charge is 0.224 e. The molecule has 6 nitrogen and oxygen atoms in total. The molecule has 1 atom stereocenters. The highest BCUT2D eigenvalue weighted by molar-refractivity contribution is 7.98. The predicted octanol–water partition coefficient (Wildman–Crippen LogP) is 4.15. The second kappa shape index (κ2) is 10.6. The lowest BCUT2D eigenvalue weighted by Gasteiger charge is -2.32. The SMILES string of the molecule is COc1ccc(NC(=O)CC[C@@H]2CCCN(Cc3cnc(SC)nc3)C2)c(C)c1. The number of piperidine rings is 1. The van der Waals surface area contributed by atoms with Crippen molar-refractivity contribution in [3.05, 3.63) is 41.7 Å². The molecule has 0 aliphatic carbocycles. The Morgan fingerprint density at radius 1 is 1.34 bits per heavy atom. The standard InChI is InChI=1S/C22H30N4O2S/c1-16-11-19(28-2)7-8-20(16)25-21(27)9-6-17-5-4-10-26(14-17)15-18-12-23-22(29-3)24-13-18/h7-8,11-13,17H,4-6,9-10,14-15H2,1-3H3,(H,25,27)/t17-/m0/s1. The van der Waals surface area contributed by atoms with Gasteiger partial charge in [0.05, 0.1) is 7.11 Å². The average Bonchev–Trinajstić information content (AvgIpc) is 2.74. The fourth-order valence-electron chi connectivity index (χ4n) is 3.77. The molecule has 1 aromatic heterocycles. The van der Waals surface area contributed by atoms with Crippen molar-refractivity contribution < 1.29 is 9.53 Å². The van der Waals surface area contributed by atoms with Gasteiger partial charge in [0.2, 0.25) is 5.91 Å². The zero-order valence-corrected chi connectivity index (χ0v) is 18.3. The van der Waals surface area contributed by atoms with Crippen LogP contribution in [0.2, 0.25) is 0 Å². The molecule has 1 aliphatic heterocycles.